The monoisotopic (exact) mass is 601 g/mol. The number of fused-ring (bicyclic) bond motifs is 1. The standard InChI is InChI=1S/C35H43N3O6/c1-5-6-19-29(33(41)37-30(20-23(2)3)32(40)24(4)39)36-34(42)31(38-35(43)44-22-25-13-8-7-9-14-25)21-27-17-12-16-26-15-10-11-18-28(26)27/h7-18,23,29-31H,5-6,19-22H2,1-4H3,(H,36,42)(H,37,41)(H,38,43)/t29-,30-,31-/m0/s1. The Labute approximate surface area is 259 Å². The third-order valence-electron chi connectivity index (χ3n) is 7.29. The molecule has 3 N–H and O–H groups in total. The average Bonchev–Trinajstić information content (AvgIpc) is 3.01. The number of ether oxygens (including phenoxy) is 1. The van der Waals surface area contributed by atoms with E-state index in [1.807, 2.05) is 93.6 Å². The minimum absolute atomic E-state index is 0.0260. The Morgan fingerprint density at radius 3 is 2.07 bits per heavy atom. The Morgan fingerprint density at radius 1 is 0.750 bits per heavy atom. The molecule has 3 aromatic rings. The highest BCUT2D eigenvalue weighted by Crippen LogP contribution is 2.20. The highest BCUT2D eigenvalue weighted by Gasteiger charge is 2.31. The molecule has 0 aromatic heterocycles. The summed E-state index contributed by atoms with van der Waals surface area (Å²) in [5, 5.41) is 10.1. The number of ketones is 2. The smallest absolute Gasteiger partial charge is 0.408 e. The van der Waals surface area contributed by atoms with Crippen LogP contribution in [0.15, 0.2) is 72.8 Å². The Balaban J connectivity index is 1.83. The molecule has 0 bridgehead atoms. The number of unbranched alkanes of at least 4 members (excludes halogenated alkanes) is 1. The van der Waals surface area contributed by atoms with E-state index in [0.717, 1.165) is 28.3 Å². The van der Waals surface area contributed by atoms with Gasteiger partial charge in [0.25, 0.3) is 0 Å². The summed E-state index contributed by atoms with van der Waals surface area (Å²) in [6.45, 7) is 6.95. The molecule has 44 heavy (non-hydrogen) atoms. The van der Waals surface area contributed by atoms with Crippen molar-refractivity contribution < 1.29 is 28.7 Å². The van der Waals surface area contributed by atoms with Crippen molar-refractivity contribution in [2.45, 2.75) is 84.5 Å². The van der Waals surface area contributed by atoms with Crippen LogP contribution in [0.1, 0.15) is 64.5 Å². The number of hydrogen-bond donors (Lipinski definition) is 3. The van der Waals surface area contributed by atoms with Crippen molar-refractivity contribution in [3.8, 4) is 0 Å². The van der Waals surface area contributed by atoms with Gasteiger partial charge >= 0.3 is 6.09 Å². The first-order chi connectivity index (χ1) is 21.1. The van der Waals surface area contributed by atoms with Crippen LogP contribution in [0.4, 0.5) is 4.79 Å². The lowest BCUT2D eigenvalue weighted by Crippen LogP contribution is -2.56. The van der Waals surface area contributed by atoms with Crippen molar-refractivity contribution in [2.75, 3.05) is 0 Å². The molecule has 3 aromatic carbocycles. The lowest BCUT2D eigenvalue weighted by atomic mass is 9.97. The van der Waals surface area contributed by atoms with E-state index in [1.165, 1.54) is 6.92 Å². The van der Waals surface area contributed by atoms with Gasteiger partial charge in [0.15, 0.2) is 5.78 Å². The van der Waals surface area contributed by atoms with Gasteiger partial charge in [-0.1, -0.05) is 106 Å². The molecule has 0 aliphatic heterocycles. The fourth-order valence-corrected chi connectivity index (χ4v) is 4.98. The largest absolute Gasteiger partial charge is 0.445 e. The number of carbonyl (C=O) groups is 5. The number of amides is 3. The number of carbonyl (C=O) groups excluding carboxylic acids is 5. The molecular formula is C35H43N3O6. The Morgan fingerprint density at radius 2 is 1.39 bits per heavy atom. The van der Waals surface area contributed by atoms with Gasteiger partial charge in [-0.2, -0.15) is 0 Å². The highest BCUT2D eigenvalue weighted by molar-refractivity contribution is 6.38. The van der Waals surface area contributed by atoms with Crippen LogP contribution in [-0.4, -0.2) is 47.6 Å². The van der Waals surface area contributed by atoms with Gasteiger partial charge in [0.2, 0.25) is 17.6 Å². The molecule has 9 heteroatoms. The summed E-state index contributed by atoms with van der Waals surface area (Å²) in [5.74, 6) is -2.39. The summed E-state index contributed by atoms with van der Waals surface area (Å²) in [4.78, 5) is 64.5. The number of benzene rings is 3. The lowest BCUT2D eigenvalue weighted by Gasteiger charge is -2.25. The van der Waals surface area contributed by atoms with Crippen LogP contribution in [-0.2, 0) is 36.9 Å². The van der Waals surface area contributed by atoms with Crippen LogP contribution in [0, 0.1) is 5.92 Å². The first-order valence-electron chi connectivity index (χ1n) is 15.2. The fourth-order valence-electron chi connectivity index (χ4n) is 4.98. The zero-order chi connectivity index (χ0) is 32.1. The molecule has 0 saturated heterocycles. The second kappa shape index (κ2) is 16.9. The summed E-state index contributed by atoms with van der Waals surface area (Å²) < 4.78 is 5.41. The van der Waals surface area contributed by atoms with E-state index in [1.54, 1.807) is 0 Å². The second-order valence-corrected chi connectivity index (χ2v) is 11.4. The normalized spacial score (nSPS) is 13.0. The maximum Gasteiger partial charge on any atom is 0.408 e. The van der Waals surface area contributed by atoms with Crippen molar-refractivity contribution in [1.29, 1.82) is 0 Å². The molecule has 0 unspecified atom stereocenters. The number of rotatable bonds is 16. The van der Waals surface area contributed by atoms with Gasteiger partial charge < -0.3 is 20.7 Å². The van der Waals surface area contributed by atoms with Crippen molar-refractivity contribution in [2.24, 2.45) is 5.92 Å². The molecule has 9 nitrogen and oxygen atoms in total. The van der Waals surface area contributed by atoms with E-state index in [-0.39, 0.29) is 25.4 Å². The summed E-state index contributed by atoms with van der Waals surface area (Å²) in [6, 6.07) is 19.7. The number of alkyl carbamates (subject to hydrolysis) is 1. The van der Waals surface area contributed by atoms with E-state index < -0.39 is 47.6 Å². The molecule has 3 amide bonds. The molecule has 0 aliphatic rings. The average molecular weight is 602 g/mol. The second-order valence-electron chi connectivity index (χ2n) is 11.4. The molecule has 234 valence electrons. The molecule has 0 heterocycles. The van der Waals surface area contributed by atoms with Crippen LogP contribution in [0.5, 0.6) is 0 Å². The van der Waals surface area contributed by atoms with Crippen LogP contribution >= 0.6 is 0 Å². The Hall–Kier alpha value is -4.53. The lowest BCUT2D eigenvalue weighted by molar-refractivity contribution is -0.138. The van der Waals surface area contributed by atoms with Gasteiger partial charge in [-0.25, -0.2) is 4.79 Å². The molecule has 0 radical (unpaired) electrons. The van der Waals surface area contributed by atoms with Crippen LogP contribution in [0.3, 0.4) is 0 Å². The third kappa shape index (κ3) is 10.3. The summed E-state index contributed by atoms with van der Waals surface area (Å²) in [7, 11) is 0. The van der Waals surface area contributed by atoms with E-state index in [9.17, 15) is 24.0 Å². The maximum atomic E-state index is 13.8. The molecule has 3 rings (SSSR count). The van der Waals surface area contributed by atoms with Gasteiger partial charge in [-0.05, 0) is 40.7 Å². The number of nitrogens with one attached hydrogen (secondary N) is 3. The third-order valence-corrected chi connectivity index (χ3v) is 7.29. The number of Topliss-reactive ketones (excluding diaryl/α,β-unsaturated/α-hetero) is 2. The fraction of sp³-hybridized carbons (Fsp3) is 0.400. The SMILES string of the molecule is CCCC[C@H](NC(=O)[C@H](Cc1cccc2ccccc12)NC(=O)OCc1ccccc1)C(=O)N[C@@H](CC(C)C)C(=O)C(C)=O. The predicted molar refractivity (Wildman–Crippen MR) is 170 cm³/mol. The van der Waals surface area contributed by atoms with Gasteiger partial charge in [0.05, 0.1) is 6.04 Å². The topological polar surface area (TPSA) is 131 Å². The van der Waals surface area contributed by atoms with E-state index >= 15 is 0 Å². The zero-order valence-electron chi connectivity index (χ0n) is 25.9. The molecule has 0 fully saturated rings. The first kappa shape index (κ1) is 34.0. The Bertz CT molecular complexity index is 1430. The number of hydrogen-bond acceptors (Lipinski definition) is 6. The molecule has 0 spiro atoms. The quantitative estimate of drug-likeness (QED) is 0.197. The zero-order valence-corrected chi connectivity index (χ0v) is 25.9. The van der Waals surface area contributed by atoms with E-state index in [0.29, 0.717) is 12.8 Å². The van der Waals surface area contributed by atoms with Crippen molar-refractivity contribution in [3.63, 3.8) is 0 Å². The van der Waals surface area contributed by atoms with Crippen molar-refractivity contribution in [1.82, 2.24) is 16.0 Å². The minimum Gasteiger partial charge on any atom is -0.445 e. The van der Waals surface area contributed by atoms with E-state index in [4.69, 9.17) is 4.74 Å². The maximum absolute atomic E-state index is 13.8. The van der Waals surface area contributed by atoms with Crippen molar-refractivity contribution in [3.05, 3.63) is 83.9 Å². The minimum atomic E-state index is -1.06. The van der Waals surface area contributed by atoms with Gasteiger partial charge in [-0.3, -0.25) is 19.2 Å². The van der Waals surface area contributed by atoms with Crippen LogP contribution in [0.2, 0.25) is 0 Å². The Kier molecular flexibility index (Phi) is 13.1. The van der Waals surface area contributed by atoms with Crippen LogP contribution in [0.25, 0.3) is 10.8 Å². The molecular weight excluding hydrogens is 558 g/mol. The first-order valence-corrected chi connectivity index (χ1v) is 15.2. The molecule has 3 atom stereocenters. The predicted octanol–water partition coefficient (Wildman–Crippen LogP) is 5.04. The summed E-state index contributed by atoms with van der Waals surface area (Å²) >= 11 is 0. The molecule has 0 saturated carbocycles. The highest BCUT2D eigenvalue weighted by atomic mass is 16.5. The summed E-state index contributed by atoms with van der Waals surface area (Å²) in [6.07, 6.45) is 1.38. The van der Waals surface area contributed by atoms with Gasteiger partial charge in [0.1, 0.15) is 18.7 Å². The van der Waals surface area contributed by atoms with E-state index in [2.05, 4.69) is 16.0 Å². The van der Waals surface area contributed by atoms with Gasteiger partial charge in [0, 0.05) is 13.3 Å². The molecule has 0 aliphatic carbocycles. The van der Waals surface area contributed by atoms with Gasteiger partial charge in [-0.15, -0.1) is 0 Å². The summed E-state index contributed by atoms with van der Waals surface area (Å²) in [5.41, 5.74) is 1.63. The van der Waals surface area contributed by atoms with Crippen LogP contribution < -0.4 is 16.0 Å². The van der Waals surface area contributed by atoms with Crippen molar-refractivity contribution >= 4 is 40.2 Å².